The topological polar surface area (TPSA) is 61.8 Å². The first-order valence-electron chi connectivity index (χ1n) is 6.79. The molecule has 0 radical (unpaired) electrons. The standard InChI is InChI=1S/C15H20ClN3/c1-11-4-2-3-7-15(11,10-18)19-13-6-5-12(9-17)14(16)8-13/h5-6,8,11,19H,2-4,7,10,18H2,1H3. The number of nitrogens with two attached hydrogens (primary N) is 1. The van der Waals surface area contributed by atoms with Crippen LogP contribution < -0.4 is 11.1 Å². The highest BCUT2D eigenvalue weighted by molar-refractivity contribution is 6.32. The van der Waals surface area contributed by atoms with Gasteiger partial charge in [0.1, 0.15) is 6.07 Å². The molecule has 0 aromatic heterocycles. The molecule has 1 saturated carbocycles. The van der Waals surface area contributed by atoms with Crippen molar-refractivity contribution >= 4 is 17.3 Å². The van der Waals surface area contributed by atoms with Crippen LogP contribution in [0.25, 0.3) is 0 Å². The number of nitriles is 1. The molecule has 2 atom stereocenters. The Morgan fingerprint density at radius 3 is 2.89 bits per heavy atom. The summed E-state index contributed by atoms with van der Waals surface area (Å²) in [6.07, 6.45) is 4.77. The summed E-state index contributed by atoms with van der Waals surface area (Å²) >= 11 is 6.08. The van der Waals surface area contributed by atoms with E-state index in [-0.39, 0.29) is 5.54 Å². The maximum Gasteiger partial charge on any atom is 0.101 e. The summed E-state index contributed by atoms with van der Waals surface area (Å²) in [6.45, 7) is 2.87. The molecule has 0 saturated heterocycles. The minimum atomic E-state index is -0.0459. The number of hydrogen-bond donors (Lipinski definition) is 2. The number of rotatable bonds is 3. The van der Waals surface area contributed by atoms with Crippen molar-refractivity contribution in [1.82, 2.24) is 0 Å². The number of benzene rings is 1. The summed E-state index contributed by atoms with van der Waals surface area (Å²) in [6, 6.07) is 7.55. The lowest BCUT2D eigenvalue weighted by atomic mass is 9.73. The third-order valence-electron chi connectivity index (χ3n) is 4.30. The molecule has 1 aliphatic carbocycles. The molecule has 0 spiro atoms. The van der Waals surface area contributed by atoms with Crippen molar-refractivity contribution in [1.29, 1.82) is 5.26 Å². The summed E-state index contributed by atoms with van der Waals surface area (Å²) in [5.41, 5.74) is 7.43. The normalized spacial score (nSPS) is 26.7. The van der Waals surface area contributed by atoms with Gasteiger partial charge in [0, 0.05) is 12.2 Å². The van der Waals surface area contributed by atoms with Crippen LogP contribution in [0, 0.1) is 17.2 Å². The van der Waals surface area contributed by atoms with Crippen LogP contribution in [-0.2, 0) is 0 Å². The minimum Gasteiger partial charge on any atom is -0.378 e. The van der Waals surface area contributed by atoms with Crippen molar-refractivity contribution < 1.29 is 0 Å². The smallest absolute Gasteiger partial charge is 0.101 e. The quantitative estimate of drug-likeness (QED) is 0.888. The number of nitrogens with one attached hydrogen (secondary N) is 1. The third-order valence-corrected chi connectivity index (χ3v) is 4.61. The summed E-state index contributed by atoms with van der Waals surface area (Å²) in [5.74, 6) is 0.542. The van der Waals surface area contributed by atoms with Crippen LogP contribution in [0.4, 0.5) is 5.69 Å². The molecule has 0 bridgehead atoms. The van der Waals surface area contributed by atoms with E-state index in [2.05, 4.69) is 18.3 Å². The molecule has 0 aliphatic heterocycles. The van der Waals surface area contributed by atoms with Crippen molar-refractivity contribution in [2.24, 2.45) is 11.7 Å². The van der Waals surface area contributed by atoms with Crippen molar-refractivity contribution in [2.75, 3.05) is 11.9 Å². The van der Waals surface area contributed by atoms with Crippen molar-refractivity contribution in [3.05, 3.63) is 28.8 Å². The average Bonchev–Trinajstić information content (AvgIpc) is 2.42. The van der Waals surface area contributed by atoms with Gasteiger partial charge in [0.25, 0.3) is 0 Å². The first kappa shape index (κ1) is 14.2. The number of anilines is 1. The van der Waals surface area contributed by atoms with Crippen LogP contribution in [0.2, 0.25) is 5.02 Å². The lowest BCUT2D eigenvalue weighted by Gasteiger charge is -2.43. The van der Waals surface area contributed by atoms with E-state index in [4.69, 9.17) is 22.6 Å². The molecule has 19 heavy (non-hydrogen) atoms. The number of hydrogen-bond acceptors (Lipinski definition) is 3. The van der Waals surface area contributed by atoms with Gasteiger partial charge in [-0.1, -0.05) is 31.4 Å². The molecule has 2 unspecified atom stereocenters. The van der Waals surface area contributed by atoms with Gasteiger partial charge in [-0.25, -0.2) is 0 Å². The van der Waals surface area contributed by atoms with Crippen LogP contribution in [0.3, 0.4) is 0 Å². The Morgan fingerprint density at radius 1 is 1.53 bits per heavy atom. The SMILES string of the molecule is CC1CCCCC1(CN)Nc1ccc(C#N)c(Cl)c1. The van der Waals surface area contributed by atoms with Gasteiger partial charge >= 0.3 is 0 Å². The molecule has 3 N–H and O–H groups in total. The third kappa shape index (κ3) is 2.86. The molecule has 4 heteroatoms. The summed E-state index contributed by atoms with van der Waals surface area (Å²) in [5, 5.41) is 13.0. The summed E-state index contributed by atoms with van der Waals surface area (Å²) in [4.78, 5) is 0. The Bertz CT molecular complexity index is 495. The molecule has 102 valence electrons. The molecular weight excluding hydrogens is 258 g/mol. The highest BCUT2D eigenvalue weighted by Gasteiger charge is 2.36. The van der Waals surface area contributed by atoms with E-state index in [1.165, 1.54) is 19.3 Å². The Kier molecular flexibility index (Phi) is 4.34. The van der Waals surface area contributed by atoms with Crippen LogP contribution in [0.15, 0.2) is 18.2 Å². The van der Waals surface area contributed by atoms with Crippen molar-refractivity contribution in [3.8, 4) is 6.07 Å². The lowest BCUT2D eigenvalue weighted by Crippen LogP contribution is -2.52. The van der Waals surface area contributed by atoms with E-state index in [1.807, 2.05) is 12.1 Å². The van der Waals surface area contributed by atoms with Gasteiger partial charge in [-0.15, -0.1) is 0 Å². The van der Waals surface area contributed by atoms with Gasteiger partial charge in [0.2, 0.25) is 0 Å². The average molecular weight is 278 g/mol. The Morgan fingerprint density at radius 2 is 2.32 bits per heavy atom. The van der Waals surface area contributed by atoms with E-state index < -0.39 is 0 Å². The van der Waals surface area contributed by atoms with E-state index >= 15 is 0 Å². The van der Waals surface area contributed by atoms with E-state index in [0.717, 1.165) is 12.1 Å². The Labute approximate surface area is 119 Å². The summed E-state index contributed by atoms with van der Waals surface area (Å²) < 4.78 is 0. The van der Waals surface area contributed by atoms with E-state index in [0.29, 0.717) is 23.0 Å². The second-order valence-electron chi connectivity index (χ2n) is 5.44. The molecular formula is C15H20ClN3. The first-order chi connectivity index (χ1) is 9.11. The highest BCUT2D eigenvalue weighted by atomic mass is 35.5. The lowest BCUT2D eigenvalue weighted by molar-refractivity contribution is 0.235. The van der Waals surface area contributed by atoms with E-state index in [9.17, 15) is 0 Å². The van der Waals surface area contributed by atoms with Gasteiger partial charge in [0.05, 0.1) is 16.1 Å². The van der Waals surface area contributed by atoms with Gasteiger partial charge in [-0.2, -0.15) is 5.26 Å². The molecule has 1 aromatic rings. The van der Waals surface area contributed by atoms with Crippen molar-refractivity contribution in [3.63, 3.8) is 0 Å². The van der Waals surface area contributed by atoms with Gasteiger partial charge in [-0.3, -0.25) is 0 Å². The first-order valence-corrected chi connectivity index (χ1v) is 7.17. The zero-order valence-electron chi connectivity index (χ0n) is 11.2. The predicted molar refractivity (Wildman–Crippen MR) is 79.2 cm³/mol. The molecule has 3 nitrogen and oxygen atoms in total. The largest absolute Gasteiger partial charge is 0.378 e. The maximum atomic E-state index is 8.89. The molecule has 1 fully saturated rings. The molecule has 1 aromatic carbocycles. The monoisotopic (exact) mass is 277 g/mol. The van der Waals surface area contributed by atoms with Crippen LogP contribution in [0.5, 0.6) is 0 Å². The van der Waals surface area contributed by atoms with Crippen LogP contribution in [0.1, 0.15) is 38.2 Å². The highest BCUT2D eigenvalue weighted by Crippen LogP contribution is 2.36. The Hall–Kier alpha value is -1.24. The molecule has 0 heterocycles. The fourth-order valence-corrected chi connectivity index (χ4v) is 3.15. The van der Waals surface area contributed by atoms with Crippen LogP contribution in [-0.4, -0.2) is 12.1 Å². The fourth-order valence-electron chi connectivity index (χ4n) is 2.92. The predicted octanol–water partition coefficient (Wildman–Crippen LogP) is 3.53. The van der Waals surface area contributed by atoms with E-state index in [1.54, 1.807) is 6.07 Å². The number of nitrogens with zero attached hydrogens (tertiary/aromatic N) is 1. The molecule has 0 amide bonds. The minimum absolute atomic E-state index is 0.0459. The second kappa shape index (κ2) is 5.81. The Balaban J connectivity index is 2.23. The maximum absolute atomic E-state index is 8.89. The zero-order valence-corrected chi connectivity index (χ0v) is 12.0. The summed E-state index contributed by atoms with van der Waals surface area (Å²) in [7, 11) is 0. The molecule has 2 rings (SSSR count). The second-order valence-corrected chi connectivity index (χ2v) is 5.85. The molecule has 1 aliphatic rings. The van der Waals surface area contributed by atoms with Gasteiger partial charge in [-0.05, 0) is 37.0 Å². The van der Waals surface area contributed by atoms with Crippen LogP contribution >= 0.6 is 11.6 Å². The van der Waals surface area contributed by atoms with Gasteiger partial charge in [0.15, 0.2) is 0 Å². The zero-order chi connectivity index (χ0) is 13.9. The number of halogens is 1. The fraction of sp³-hybridized carbons (Fsp3) is 0.533. The van der Waals surface area contributed by atoms with Crippen molar-refractivity contribution in [2.45, 2.75) is 38.1 Å². The van der Waals surface area contributed by atoms with Gasteiger partial charge < -0.3 is 11.1 Å².